The maximum Gasteiger partial charge on any atom is 0.0367 e. The summed E-state index contributed by atoms with van der Waals surface area (Å²) in [5.74, 6) is 0. The van der Waals surface area contributed by atoms with Crippen molar-refractivity contribution in [2.24, 2.45) is 5.73 Å². The lowest BCUT2D eigenvalue weighted by atomic mass is 10.0. The zero-order valence-electron chi connectivity index (χ0n) is 12.6. The molecule has 0 aromatic heterocycles. The monoisotopic (exact) mass is 281 g/mol. The van der Waals surface area contributed by atoms with E-state index in [1.165, 1.54) is 22.4 Å². The third kappa shape index (κ3) is 3.26. The highest BCUT2D eigenvalue weighted by atomic mass is 15.2. The molecule has 3 rings (SSSR count). The van der Waals surface area contributed by atoms with Crippen LogP contribution in [0.2, 0.25) is 0 Å². The number of rotatable bonds is 3. The van der Waals surface area contributed by atoms with Gasteiger partial charge in [0, 0.05) is 38.4 Å². The molecule has 0 atom stereocenters. The summed E-state index contributed by atoms with van der Waals surface area (Å²) in [6.07, 6.45) is 0. The molecule has 1 heterocycles. The minimum Gasteiger partial charge on any atom is -0.369 e. The first-order valence-electron chi connectivity index (χ1n) is 7.59. The smallest absolute Gasteiger partial charge is 0.0367 e. The Morgan fingerprint density at radius 2 is 1.62 bits per heavy atom. The number of hydrogen-bond acceptors (Lipinski definition) is 3. The highest BCUT2D eigenvalue weighted by molar-refractivity contribution is 5.67. The van der Waals surface area contributed by atoms with Crippen molar-refractivity contribution in [1.82, 2.24) is 4.90 Å². The third-order valence-corrected chi connectivity index (χ3v) is 4.23. The van der Waals surface area contributed by atoms with Gasteiger partial charge in [0.15, 0.2) is 0 Å². The van der Waals surface area contributed by atoms with Crippen LogP contribution in [0.3, 0.4) is 0 Å². The number of nitrogens with zero attached hydrogens (tertiary/aromatic N) is 2. The van der Waals surface area contributed by atoms with Crippen LogP contribution in [0.15, 0.2) is 48.5 Å². The molecule has 21 heavy (non-hydrogen) atoms. The first-order valence-corrected chi connectivity index (χ1v) is 7.59. The summed E-state index contributed by atoms with van der Waals surface area (Å²) < 4.78 is 0. The summed E-state index contributed by atoms with van der Waals surface area (Å²) in [5, 5.41) is 0. The fourth-order valence-electron chi connectivity index (χ4n) is 2.81. The van der Waals surface area contributed by atoms with Gasteiger partial charge in [0.25, 0.3) is 0 Å². The summed E-state index contributed by atoms with van der Waals surface area (Å²) in [7, 11) is 2.19. The molecule has 0 spiro atoms. The fraction of sp³-hybridized carbons (Fsp3) is 0.333. The second kappa shape index (κ2) is 6.29. The quantitative estimate of drug-likeness (QED) is 0.938. The van der Waals surface area contributed by atoms with E-state index in [2.05, 4.69) is 65.4 Å². The second-order valence-electron chi connectivity index (χ2n) is 5.74. The average Bonchev–Trinajstić information content (AvgIpc) is 2.56. The molecule has 0 saturated carbocycles. The van der Waals surface area contributed by atoms with Gasteiger partial charge >= 0.3 is 0 Å². The Hall–Kier alpha value is -1.84. The minimum absolute atomic E-state index is 0.590. The van der Waals surface area contributed by atoms with Gasteiger partial charge in [-0.2, -0.15) is 0 Å². The Morgan fingerprint density at radius 1 is 0.905 bits per heavy atom. The number of piperazine rings is 1. The van der Waals surface area contributed by atoms with Gasteiger partial charge in [0.1, 0.15) is 0 Å². The van der Waals surface area contributed by atoms with Gasteiger partial charge in [-0.05, 0) is 41.9 Å². The fourth-order valence-corrected chi connectivity index (χ4v) is 2.81. The molecule has 2 aromatic carbocycles. The van der Waals surface area contributed by atoms with Gasteiger partial charge in [-0.3, -0.25) is 0 Å². The molecular formula is C18H23N3. The Balaban J connectivity index is 1.77. The molecule has 3 nitrogen and oxygen atoms in total. The first kappa shape index (κ1) is 14.1. The van der Waals surface area contributed by atoms with E-state index in [9.17, 15) is 0 Å². The van der Waals surface area contributed by atoms with Crippen molar-refractivity contribution in [3.05, 3.63) is 54.1 Å². The van der Waals surface area contributed by atoms with E-state index in [1.807, 2.05) is 0 Å². The SMILES string of the molecule is CN1CCN(c2ccc(-c3cccc(CN)c3)cc2)CC1. The van der Waals surface area contributed by atoms with Gasteiger partial charge in [0.2, 0.25) is 0 Å². The first-order chi connectivity index (χ1) is 10.3. The second-order valence-corrected chi connectivity index (χ2v) is 5.74. The van der Waals surface area contributed by atoms with E-state index >= 15 is 0 Å². The number of anilines is 1. The number of nitrogens with two attached hydrogens (primary N) is 1. The number of likely N-dealkylation sites (N-methyl/N-ethyl adjacent to an activating group) is 1. The van der Waals surface area contributed by atoms with Crippen LogP contribution in [0.25, 0.3) is 11.1 Å². The van der Waals surface area contributed by atoms with Crippen LogP contribution in [0, 0.1) is 0 Å². The molecule has 0 bridgehead atoms. The van der Waals surface area contributed by atoms with Gasteiger partial charge in [-0.15, -0.1) is 0 Å². The van der Waals surface area contributed by atoms with Crippen molar-refractivity contribution >= 4 is 5.69 Å². The van der Waals surface area contributed by atoms with Crippen LogP contribution in [-0.4, -0.2) is 38.1 Å². The molecule has 1 aliphatic rings. The lowest BCUT2D eigenvalue weighted by Crippen LogP contribution is -2.44. The molecular weight excluding hydrogens is 258 g/mol. The van der Waals surface area contributed by atoms with Crippen molar-refractivity contribution in [3.63, 3.8) is 0 Å². The van der Waals surface area contributed by atoms with Gasteiger partial charge in [0.05, 0.1) is 0 Å². The van der Waals surface area contributed by atoms with Gasteiger partial charge in [-0.1, -0.05) is 30.3 Å². The van der Waals surface area contributed by atoms with Crippen LogP contribution in [0.1, 0.15) is 5.56 Å². The summed E-state index contributed by atoms with van der Waals surface area (Å²) >= 11 is 0. The third-order valence-electron chi connectivity index (χ3n) is 4.23. The maximum atomic E-state index is 5.72. The molecule has 110 valence electrons. The molecule has 0 unspecified atom stereocenters. The summed E-state index contributed by atoms with van der Waals surface area (Å²) in [6, 6.07) is 17.3. The normalized spacial score (nSPS) is 16.2. The highest BCUT2D eigenvalue weighted by Crippen LogP contribution is 2.24. The zero-order valence-corrected chi connectivity index (χ0v) is 12.6. The van der Waals surface area contributed by atoms with Crippen LogP contribution in [0.5, 0.6) is 0 Å². The minimum atomic E-state index is 0.590. The largest absolute Gasteiger partial charge is 0.369 e. The lowest BCUT2D eigenvalue weighted by Gasteiger charge is -2.34. The predicted molar refractivity (Wildman–Crippen MR) is 89.5 cm³/mol. The topological polar surface area (TPSA) is 32.5 Å². The zero-order chi connectivity index (χ0) is 14.7. The van der Waals surface area contributed by atoms with Crippen molar-refractivity contribution in [2.45, 2.75) is 6.54 Å². The Kier molecular flexibility index (Phi) is 4.23. The van der Waals surface area contributed by atoms with E-state index in [0.717, 1.165) is 26.2 Å². The van der Waals surface area contributed by atoms with Crippen molar-refractivity contribution in [2.75, 3.05) is 38.1 Å². The Labute approximate surface area is 127 Å². The van der Waals surface area contributed by atoms with Crippen LogP contribution in [-0.2, 0) is 6.54 Å². The average molecular weight is 281 g/mol. The number of benzene rings is 2. The van der Waals surface area contributed by atoms with Crippen molar-refractivity contribution < 1.29 is 0 Å². The molecule has 2 N–H and O–H groups in total. The van der Waals surface area contributed by atoms with E-state index in [-0.39, 0.29) is 0 Å². The van der Waals surface area contributed by atoms with Gasteiger partial charge < -0.3 is 15.5 Å². The molecule has 1 fully saturated rings. The predicted octanol–water partition coefficient (Wildman–Crippen LogP) is 2.56. The lowest BCUT2D eigenvalue weighted by molar-refractivity contribution is 0.313. The molecule has 0 radical (unpaired) electrons. The van der Waals surface area contributed by atoms with E-state index in [4.69, 9.17) is 5.73 Å². The van der Waals surface area contributed by atoms with Gasteiger partial charge in [-0.25, -0.2) is 0 Å². The standard InChI is InChI=1S/C18H23N3/c1-20-9-11-21(12-10-20)18-7-5-16(6-8-18)17-4-2-3-15(13-17)14-19/h2-8,13H,9-12,14,19H2,1H3. The molecule has 0 aliphatic carbocycles. The van der Waals surface area contributed by atoms with Crippen molar-refractivity contribution in [1.29, 1.82) is 0 Å². The summed E-state index contributed by atoms with van der Waals surface area (Å²) in [4.78, 5) is 4.84. The van der Waals surface area contributed by atoms with E-state index in [0.29, 0.717) is 6.54 Å². The van der Waals surface area contributed by atoms with E-state index in [1.54, 1.807) is 0 Å². The summed E-state index contributed by atoms with van der Waals surface area (Å²) in [6.45, 7) is 5.09. The van der Waals surface area contributed by atoms with Crippen LogP contribution in [0.4, 0.5) is 5.69 Å². The Bertz CT molecular complexity index is 584. The maximum absolute atomic E-state index is 5.72. The molecule has 1 saturated heterocycles. The van der Waals surface area contributed by atoms with Crippen LogP contribution < -0.4 is 10.6 Å². The summed E-state index contributed by atoms with van der Waals surface area (Å²) in [5.41, 5.74) is 10.7. The number of hydrogen-bond donors (Lipinski definition) is 1. The molecule has 2 aromatic rings. The van der Waals surface area contributed by atoms with Crippen molar-refractivity contribution in [3.8, 4) is 11.1 Å². The molecule has 1 aliphatic heterocycles. The highest BCUT2D eigenvalue weighted by Gasteiger charge is 2.13. The Morgan fingerprint density at radius 3 is 2.29 bits per heavy atom. The molecule has 0 amide bonds. The van der Waals surface area contributed by atoms with E-state index < -0.39 is 0 Å². The molecule has 3 heteroatoms. The van der Waals surface area contributed by atoms with Crippen LogP contribution >= 0.6 is 0 Å².